The van der Waals surface area contributed by atoms with Crippen LogP contribution < -0.4 is 0 Å². The summed E-state index contributed by atoms with van der Waals surface area (Å²) in [5.74, 6) is -1.05. The number of carboxylic acid groups (broad SMARTS) is 1. The van der Waals surface area contributed by atoms with Crippen LogP contribution in [0, 0.1) is 6.92 Å². The van der Waals surface area contributed by atoms with Crippen LogP contribution in [0.4, 0.5) is 0 Å². The molecule has 26 heavy (non-hydrogen) atoms. The van der Waals surface area contributed by atoms with Gasteiger partial charge in [-0.05, 0) is 53.8 Å². The average Bonchev–Trinajstić information content (AvgIpc) is 2.92. The molecule has 0 aliphatic rings. The molecule has 0 atom stereocenters. The van der Waals surface area contributed by atoms with E-state index in [1.165, 1.54) is 34.8 Å². The molecule has 0 saturated carbocycles. The van der Waals surface area contributed by atoms with E-state index >= 15 is 0 Å². The van der Waals surface area contributed by atoms with Crippen molar-refractivity contribution in [2.75, 3.05) is 7.05 Å². The Hall–Kier alpha value is -1.93. The SMILES string of the molecule is Cc1c(S(=O)(=O)N(C)Cc2cccc(C(=O)O)c2)sc2ccc(Cl)cc12. The second kappa shape index (κ2) is 7.00. The maximum Gasteiger partial charge on any atom is 0.335 e. The monoisotopic (exact) mass is 409 g/mol. The Kier molecular flexibility index (Phi) is 5.07. The first-order valence-electron chi connectivity index (χ1n) is 7.67. The lowest BCUT2D eigenvalue weighted by Gasteiger charge is -2.17. The molecule has 8 heteroatoms. The van der Waals surface area contributed by atoms with Crippen molar-refractivity contribution >= 4 is 49.0 Å². The summed E-state index contributed by atoms with van der Waals surface area (Å²) in [6.07, 6.45) is 0. The summed E-state index contributed by atoms with van der Waals surface area (Å²) in [6.45, 7) is 1.85. The third kappa shape index (κ3) is 3.48. The maximum atomic E-state index is 13.0. The van der Waals surface area contributed by atoms with Crippen LogP contribution in [-0.2, 0) is 16.6 Å². The van der Waals surface area contributed by atoms with Gasteiger partial charge in [-0.3, -0.25) is 0 Å². The quantitative estimate of drug-likeness (QED) is 0.678. The molecule has 136 valence electrons. The van der Waals surface area contributed by atoms with Crippen molar-refractivity contribution in [3.8, 4) is 0 Å². The van der Waals surface area contributed by atoms with Gasteiger partial charge < -0.3 is 5.11 Å². The van der Waals surface area contributed by atoms with Crippen LogP contribution in [0.15, 0.2) is 46.7 Å². The van der Waals surface area contributed by atoms with Crippen molar-refractivity contribution in [3.05, 3.63) is 64.2 Å². The maximum absolute atomic E-state index is 13.0. The van der Waals surface area contributed by atoms with E-state index in [2.05, 4.69) is 0 Å². The van der Waals surface area contributed by atoms with Crippen molar-refractivity contribution in [2.45, 2.75) is 17.7 Å². The molecule has 0 aliphatic heterocycles. The summed E-state index contributed by atoms with van der Waals surface area (Å²) in [5, 5.41) is 10.5. The molecule has 0 aliphatic carbocycles. The number of rotatable bonds is 5. The number of aryl methyl sites for hydroxylation is 1. The molecule has 0 bridgehead atoms. The molecule has 0 saturated heterocycles. The molecule has 0 spiro atoms. The van der Waals surface area contributed by atoms with E-state index in [1.54, 1.807) is 31.2 Å². The number of halogens is 1. The van der Waals surface area contributed by atoms with Crippen LogP contribution in [0.1, 0.15) is 21.5 Å². The summed E-state index contributed by atoms with van der Waals surface area (Å²) >= 11 is 7.23. The summed E-state index contributed by atoms with van der Waals surface area (Å²) in [5.41, 5.74) is 1.40. The predicted molar refractivity (Wildman–Crippen MR) is 104 cm³/mol. The standard InChI is InChI=1S/C18H16ClNO4S2/c1-11-15-9-14(19)6-7-16(15)25-18(11)26(23,24)20(2)10-12-4-3-5-13(8-12)17(21)22/h3-9H,10H2,1-2H3,(H,21,22). The molecule has 0 amide bonds. The summed E-state index contributed by atoms with van der Waals surface area (Å²) in [7, 11) is -2.23. The normalized spacial score (nSPS) is 12.0. The highest BCUT2D eigenvalue weighted by atomic mass is 35.5. The largest absolute Gasteiger partial charge is 0.478 e. The van der Waals surface area contributed by atoms with Crippen molar-refractivity contribution in [1.29, 1.82) is 0 Å². The predicted octanol–water partition coefficient (Wildman–Crippen LogP) is 4.38. The number of thiophene rings is 1. The number of aromatic carboxylic acids is 1. The number of fused-ring (bicyclic) bond motifs is 1. The van der Waals surface area contributed by atoms with E-state index in [4.69, 9.17) is 16.7 Å². The van der Waals surface area contributed by atoms with Gasteiger partial charge in [-0.2, -0.15) is 4.31 Å². The number of carboxylic acids is 1. The fourth-order valence-corrected chi connectivity index (χ4v) is 5.97. The van der Waals surface area contributed by atoms with Crippen molar-refractivity contribution in [3.63, 3.8) is 0 Å². The highest BCUT2D eigenvalue weighted by molar-refractivity contribution is 7.91. The minimum atomic E-state index is -3.71. The van der Waals surface area contributed by atoms with Gasteiger partial charge in [0, 0.05) is 23.3 Å². The lowest BCUT2D eigenvalue weighted by molar-refractivity contribution is 0.0696. The Labute approximate surface area is 160 Å². The van der Waals surface area contributed by atoms with Crippen molar-refractivity contribution < 1.29 is 18.3 Å². The third-order valence-corrected chi connectivity index (χ3v) is 7.99. The van der Waals surface area contributed by atoms with Gasteiger partial charge in [-0.25, -0.2) is 13.2 Å². The lowest BCUT2D eigenvalue weighted by atomic mass is 10.1. The highest BCUT2D eigenvalue weighted by Gasteiger charge is 2.26. The van der Waals surface area contributed by atoms with Gasteiger partial charge in [0.15, 0.2) is 0 Å². The Bertz CT molecular complexity index is 1110. The topological polar surface area (TPSA) is 74.7 Å². The third-order valence-electron chi connectivity index (χ3n) is 4.08. The van der Waals surface area contributed by atoms with E-state index in [0.29, 0.717) is 16.1 Å². The Balaban J connectivity index is 1.96. The molecule has 0 radical (unpaired) electrons. The number of benzene rings is 2. The molecule has 5 nitrogen and oxygen atoms in total. The Morgan fingerprint density at radius 3 is 2.65 bits per heavy atom. The fourth-order valence-electron chi connectivity index (χ4n) is 2.70. The molecule has 3 rings (SSSR count). The number of carbonyl (C=O) groups is 1. The molecule has 1 aromatic heterocycles. The molecule has 3 aromatic rings. The Morgan fingerprint density at radius 2 is 1.96 bits per heavy atom. The average molecular weight is 410 g/mol. The molecule has 0 unspecified atom stereocenters. The van der Waals surface area contributed by atoms with Crippen LogP contribution >= 0.6 is 22.9 Å². The fraction of sp³-hybridized carbons (Fsp3) is 0.167. The zero-order valence-corrected chi connectivity index (χ0v) is 16.5. The molecule has 1 heterocycles. The Morgan fingerprint density at radius 1 is 1.23 bits per heavy atom. The number of sulfonamides is 1. The summed E-state index contributed by atoms with van der Waals surface area (Å²) in [4.78, 5) is 11.1. The first-order chi connectivity index (χ1) is 12.2. The van der Waals surface area contributed by atoms with Crippen LogP contribution in [0.2, 0.25) is 5.02 Å². The van der Waals surface area contributed by atoms with Crippen LogP contribution in [-0.4, -0.2) is 30.8 Å². The zero-order chi connectivity index (χ0) is 19.1. The van der Waals surface area contributed by atoms with E-state index in [-0.39, 0.29) is 16.3 Å². The van der Waals surface area contributed by atoms with E-state index in [0.717, 1.165) is 10.1 Å². The number of hydrogen-bond acceptors (Lipinski definition) is 4. The first-order valence-corrected chi connectivity index (χ1v) is 10.3. The minimum absolute atomic E-state index is 0.0812. The molecule has 2 aromatic carbocycles. The molecule has 0 fully saturated rings. The second-order valence-corrected chi connectivity index (χ2v) is 9.65. The van der Waals surface area contributed by atoms with Gasteiger partial charge in [0.2, 0.25) is 0 Å². The van der Waals surface area contributed by atoms with Gasteiger partial charge >= 0.3 is 5.97 Å². The van der Waals surface area contributed by atoms with E-state index < -0.39 is 16.0 Å². The van der Waals surface area contributed by atoms with Gasteiger partial charge in [-0.1, -0.05) is 23.7 Å². The number of nitrogens with zero attached hydrogens (tertiary/aromatic N) is 1. The van der Waals surface area contributed by atoms with Crippen molar-refractivity contribution in [2.24, 2.45) is 0 Å². The van der Waals surface area contributed by atoms with Crippen LogP contribution in [0.3, 0.4) is 0 Å². The van der Waals surface area contributed by atoms with Gasteiger partial charge in [-0.15, -0.1) is 11.3 Å². The number of hydrogen-bond donors (Lipinski definition) is 1. The summed E-state index contributed by atoms with van der Waals surface area (Å²) in [6, 6.07) is 11.6. The zero-order valence-electron chi connectivity index (χ0n) is 14.1. The van der Waals surface area contributed by atoms with Gasteiger partial charge in [0.1, 0.15) is 4.21 Å². The van der Waals surface area contributed by atoms with E-state index in [9.17, 15) is 13.2 Å². The van der Waals surface area contributed by atoms with Gasteiger partial charge in [0.05, 0.1) is 5.56 Å². The molecular weight excluding hydrogens is 394 g/mol. The lowest BCUT2D eigenvalue weighted by Crippen LogP contribution is -2.26. The van der Waals surface area contributed by atoms with E-state index in [1.807, 2.05) is 6.07 Å². The second-order valence-electron chi connectivity index (χ2n) is 5.92. The van der Waals surface area contributed by atoms with Crippen LogP contribution in [0.25, 0.3) is 10.1 Å². The van der Waals surface area contributed by atoms with Crippen LogP contribution in [0.5, 0.6) is 0 Å². The summed E-state index contributed by atoms with van der Waals surface area (Å²) < 4.78 is 28.4. The minimum Gasteiger partial charge on any atom is -0.478 e. The van der Waals surface area contributed by atoms with Gasteiger partial charge in [0.25, 0.3) is 10.0 Å². The first kappa shape index (κ1) is 18.8. The molecule has 1 N–H and O–H groups in total. The smallest absolute Gasteiger partial charge is 0.335 e. The molecular formula is C18H16ClNO4S2. The highest BCUT2D eigenvalue weighted by Crippen LogP contribution is 2.36. The van der Waals surface area contributed by atoms with Crippen molar-refractivity contribution in [1.82, 2.24) is 4.31 Å².